The fourth-order valence-corrected chi connectivity index (χ4v) is 2.86. The highest BCUT2D eigenvalue weighted by atomic mass is 79.9. The molecule has 0 atom stereocenters. The van der Waals surface area contributed by atoms with Gasteiger partial charge in [-0.15, -0.1) is 0 Å². The van der Waals surface area contributed by atoms with E-state index in [9.17, 15) is 9.90 Å². The Bertz CT molecular complexity index is 686. The fraction of sp³-hybridized carbons (Fsp3) is 0.235. The van der Waals surface area contributed by atoms with Gasteiger partial charge in [-0.2, -0.15) is 0 Å². The second-order valence-corrected chi connectivity index (χ2v) is 5.92. The maximum atomic E-state index is 11.3. The summed E-state index contributed by atoms with van der Waals surface area (Å²) in [7, 11) is 0. The molecule has 116 valence electrons. The Balaban J connectivity index is 1.98. The Morgan fingerprint density at radius 3 is 2.68 bits per heavy atom. The zero-order valence-electron chi connectivity index (χ0n) is 12.5. The summed E-state index contributed by atoms with van der Waals surface area (Å²) in [6.45, 7) is 4.83. The van der Waals surface area contributed by atoms with Crippen molar-refractivity contribution in [2.75, 3.05) is 18.5 Å². The third-order valence-electron chi connectivity index (χ3n) is 3.13. The lowest BCUT2D eigenvalue weighted by molar-refractivity contribution is 0.0697. The Kier molecular flexibility index (Phi) is 5.44. The van der Waals surface area contributed by atoms with Gasteiger partial charge in [-0.3, -0.25) is 0 Å². The van der Waals surface area contributed by atoms with Crippen molar-refractivity contribution < 1.29 is 14.6 Å². The van der Waals surface area contributed by atoms with Crippen molar-refractivity contribution in [3.63, 3.8) is 0 Å². The molecular formula is C17H18BrNO3. The van der Waals surface area contributed by atoms with E-state index >= 15 is 0 Å². The van der Waals surface area contributed by atoms with Gasteiger partial charge in [0.25, 0.3) is 0 Å². The molecule has 0 radical (unpaired) electrons. The van der Waals surface area contributed by atoms with E-state index in [4.69, 9.17) is 4.74 Å². The summed E-state index contributed by atoms with van der Waals surface area (Å²) in [6.07, 6.45) is 0. The minimum atomic E-state index is -0.952. The van der Waals surface area contributed by atoms with Crippen LogP contribution in [0, 0.1) is 13.8 Å². The van der Waals surface area contributed by atoms with Crippen LogP contribution < -0.4 is 10.1 Å². The van der Waals surface area contributed by atoms with Crippen molar-refractivity contribution in [2.24, 2.45) is 0 Å². The molecule has 0 heterocycles. The van der Waals surface area contributed by atoms with Gasteiger partial charge in [-0.25, -0.2) is 4.79 Å². The van der Waals surface area contributed by atoms with Crippen molar-refractivity contribution in [3.05, 3.63) is 57.6 Å². The van der Waals surface area contributed by atoms with Crippen LogP contribution >= 0.6 is 15.9 Å². The smallest absolute Gasteiger partial charge is 0.337 e. The average Bonchev–Trinajstić information content (AvgIpc) is 2.44. The van der Waals surface area contributed by atoms with Gasteiger partial charge < -0.3 is 15.2 Å². The van der Waals surface area contributed by atoms with Crippen LogP contribution in [0.3, 0.4) is 0 Å². The average molecular weight is 364 g/mol. The van der Waals surface area contributed by atoms with Gasteiger partial charge >= 0.3 is 5.97 Å². The Morgan fingerprint density at radius 2 is 2.00 bits per heavy atom. The van der Waals surface area contributed by atoms with Crippen molar-refractivity contribution in [3.8, 4) is 5.75 Å². The number of hydrogen-bond acceptors (Lipinski definition) is 3. The van der Waals surface area contributed by atoms with E-state index in [1.54, 1.807) is 6.07 Å². The first kappa shape index (κ1) is 16.4. The van der Waals surface area contributed by atoms with E-state index in [-0.39, 0.29) is 5.56 Å². The quantitative estimate of drug-likeness (QED) is 0.753. The molecule has 0 unspecified atom stereocenters. The van der Waals surface area contributed by atoms with Crippen LogP contribution in [0.4, 0.5) is 5.69 Å². The van der Waals surface area contributed by atoms with Gasteiger partial charge in [0.1, 0.15) is 12.4 Å². The zero-order chi connectivity index (χ0) is 16.1. The normalized spacial score (nSPS) is 10.3. The lowest BCUT2D eigenvalue weighted by Gasteiger charge is -2.13. The van der Waals surface area contributed by atoms with E-state index in [1.807, 2.05) is 44.2 Å². The number of carboxylic acid groups (broad SMARTS) is 1. The number of carboxylic acids is 1. The molecule has 0 aliphatic rings. The molecule has 2 aromatic carbocycles. The largest absolute Gasteiger partial charge is 0.492 e. The molecule has 22 heavy (non-hydrogen) atoms. The molecule has 2 aromatic rings. The molecule has 5 heteroatoms. The van der Waals surface area contributed by atoms with Crippen LogP contribution in [0.2, 0.25) is 0 Å². The number of rotatable bonds is 6. The van der Waals surface area contributed by atoms with Crippen LogP contribution in [0.15, 0.2) is 40.9 Å². The van der Waals surface area contributed by atoms with Crippen molar-refractivity contribution >= 4 is 27.6 Å². The molecule has 0 amide bonds. The molecular weight excluding hydrogens is 346 g/mol. The van der Waals surface area contributed by atoms with Gasteiger partial charge in [0.15, 0.2) is 0 Å². The minimum Gasteiger partial charge on any atom is -0.492 e. The molecule has 0 aliphatic carbocycles. The summed E-state index contributed by atoms with van der Waals surface area (Å²) in [5.74, 6) is -0.144. The first-order chi connectivity index (χ1) is 10.5. The third kappa shape index (κ3) is 4.24. The molecule has 0 spiro atoms. The summed E-state index contributed by atoms with van der Waals surface area (Å²) in [6, 6.07) is 11.3. The Labute approximate surface area is 138 Å². The third-order valence-corrected chi connectivity index (χ3v) is 3.75. The summed E-state index contributed by atoms with van der Waals surface area (Å²) in [5, 5.41) is 12.4. The SMILES string of the molecule is Cc1cccc(OCCNc2c(Br)cc(C)cc2C(=O)O)c1. The molecule has 0 fully saturated rings. The molecule has 0 bridgehead atoms. The number of halogens is 1. The van der Waals surface area contributed by atoms with Gasteiger partial charge in [0.05, 0.1) is 11.3 Å². The topological polar surface area (TPSA) is 58.6 Å². The van der Waals surface area contributed by atoms with Gasteiger partial charge in [-0.1, -0.05) is 12.1 Å². The molecule has 0 aliphatic heterocycles. The van der Waals surface area contributed by atoms with Crippen molar-refractivity contribution in [1.29, 1.82) is 0 Å². The second kappa shape index (κ2) is 7.31. The maximum Gasteiger partial charge on any atom is 0.337 e. The van der Waals surface area contributed by atoms with Crippen LogP contribution in [0.1, 0.15) is 21.5 Å². The Morgan fingerprint density at radius 1 is 1.23 bits per heavy atom. The predicted octanol–water partition coefficient (Wildman–Crippen LogP) is 4.26. The zero-order valence-corrected chi connectivity index (χ0v) is 14.1. The van der Waals surface area contributed by atoms with Gasteiger partial charge in [0.2, 0.25) is 0 Å². The molecule has 4 nitrogen and oxygen atoms in total. The Hall–Kier alpha value is -2.01. The number of ether oxygens (including phenoxy) is 1. The van der Waals surface area contributed by atoms with E-state index in [0.29, 0.717) is 18.8 Å². The lowest BCUT2D eigenvalue weighted by atomic mass is 10.1. The van der Waals surface area contributed by atoms with Crippen molar-refractivity contribution in [1.82, 2.24) is 0 Å². The van der Waals surface area contributed by atoms with E-state index in [0.717, 1.165) is 21.3 Å². The van der Waals surface area contributed by atoms with Crippen LogP contribution in [-0.4, -0.2) is 24.2 Å². The van der Waals surface area contributed by atoms with Gasteiger partial charge in [0, 0.05) is 11.0 Å². The first-order valence-electron chi connectivity index (χ1n) is 6.94. The van der Waals surface area contributed by atoms with Crippen LogP contribution in [0.5, 0.6) is 5.75 Å². The minimum absolute atomic E-state index is 0.252. The maximum absolute atomic E-state index is 11.3. The summed E-state index contributed by atoms with van der Waals surface area (Å²) in [5.41, 5.74) is 2.86. The highest BCUT2D eigenvalue weighted by Crippen LogP contribution is 2.28. The van der Waals surface area contributed by atoms with E-state index in [2.05, 4.69) is 21.2 Å². The summed E-state index contributed by atoms with van der Waals surface area (Å²) < 4.78 is 6.38. The van der Waals surface area contributed by atoms with Crippen LogP contribution in [-0.2, 0) is 0 Å². The number of hydrogen-bond donors (Lipinski definition) is 2. The first-order valence-corrected chi connectivity index (χ1v) is 7.73. The highest BCUT2D eigenvalue weighted by Gasteiger charge is 2.13. The fourth-order valence-electron chi connectivity index (χ4n) is 2.14. The summed E-state index contributed by atoms with van der Waals surface area (Å²) in [4.78, 5) is 11.3. The van der Waals surface area contributed by atoms with Crippen molar-refractivity contribution in [2.45, 2.75) is 13.8 Å². The standard InChI is InChI=1S/C17H18BrNO3/c1-11-4-3-5-13(8-11)22-7-6-19-16-14(17(20)21)9-12(2)10-15(16)18/h3-5,8-10,19H,6-7H2,1-2H3,(H,20,21). The molecule has 2 rings (SSSR count). The molecule has 0 aromatic heterocycles. The number of nitrogens with one attached hydrogen (secondary N) is 1. The predicted molar refractivity (Wildman–Crippen MR) is 91.0 cm³/mol. The number of aryl methyl sites for hydroxylation is 2. The van der Waals surface area contributed by atoms with E-state index < -0.39 is 5.97 Å². The number of carbonyl (C=O) groups is 1. The second-order valence-electron chi connectivity index (χ2n) is 5.07. The molecule has 0 saturated heterocycles. The van der Waals surface area contributed by atoms with Gasteiger partial charge in [-0.05, 0) is 65.2 Å². The molecule has 0 saturated carbocycles. The summed E-state index contributed by atoms with van der Waals surface area (Å²) >= 11 is 3.41. The molecule has 2 N–H and O–H groups in total. The van der Waals surface area contributed by atoms with Crippen LogP contribution in [0.25, 0.3) is 0 Å². The van der Waals surface area contributed by atoms with E-state index in [1.165, 1.54) is 0 Å². The number of benzene rings is 2. The monoisotopic (exact) mass is 363 g/mol. The number of aromatic carboxylic acids is 1. The highest BCUT2D eigenvalue weighted by molar-refractivity contribution is 9.10. The lowest BCUT2D eigenvalue weighted by Crippen LogP contribution is -2.14. The number of anilines is 1.